The van der Waals surface area contributed by atoms with Crippen LogP contribution < -0.4 is 4.74 Å². The molecule has 1 heterocycles. The van der Waals surface area contributed by atoms with Crippen molar-refractivity contribution in [1.29, 1.82) is 0 Å². The quantitative estimate of drug-likeness (QED) is 0.915. The summed E-state index contributed by atoms with van der Waals surface area (Å²) in [7, 11) is 0. The molecule has 0 aliphatic carbocycles. The molecule has 0 amide bonds. The molecule has 1 N–H and O–H groups in total. The Kier molecular flexibility index (Phi) is 4.99. The molecule has 1 fully saturated rings. The van der Waals surface area contributed by atoms with Crippen LogP contribution in [0.2, 0.25) is 0 Å². The zero-order valence-electron chi connectivity index (χ0n) is 13.6. The minimum Gasteiger partial charge on any atom is -0.489 e. The summed E-state index contributed by atoms with van der Waals surface area (Å²) in [4.78, 5) is 0. The van der Waals surface area contributed by atoms with Crippen molar-refractivity contribution in [3.63, 3.8) is 0 Å². The van der Waals surface area contributed by atoms with Crippen LogP contribution in [0.4, 0.5) is 0 Å². The predicted octanol–water partition coefficient (Wildman–Crippen LogP) is 3.69. The Morgan fingerprint density at radius 1 is 1.09 bits per heavy atom. The third kappa shape index (κ3) is 3.57. The van der Waals surface area contributed by atoms with Crippen LogP contribution in [-0.4, -0.2) is 24.4 Å². The summed E-state index contributed by atoms with van der Waals surface area (Å²) in [6.07, 6.45) is 1.27. The zero-order chi connectivity index (χ0) is 16.1. The molecule has 122 valence electrons. The molecule has 2 aromatic carbocycles. The summed E-state index contributed by atoms with van der Waals surface area (Å²) in [5, 5.41) is 10.4. The Bertz CT molecular complexity index is 616. The van der Waals surface area contributed by atoms with Gasteiger partial charge in [-0.15, -0.1) is 0 Å². The fourth-order valence-electron chi connectivity index (χ4n) is 3.32. The molecule has 1 atom stereocenters. The average Bonchev–Trinajstić information content (AvgIpc) is 2.61. The largest absolute Gasteiger partial charge is 0.489 e. The molecule has 1 saturated heterocycles. The Morgan fingerprint density at radius 3 is 2.52 bits per heavy atom. The second-order valence-corrected chi connectivity index (χ2v) is 6.25. The second-order valence-electron chi connectivity index (χ2n) is 6.25. The lowest BCUT2D eigenvalue weighted by Gasteiger charge is -2.40. The first kappa shape index (κ1) is 16.0. The minimum absolute atomic E-state index is 0.232. The molecule has 2 aromatic rings. The summed E-state index contributed by atoms with van der Waals surface area (Å²) in [6.45, 7) is 3.82. The molecule has 0 spiro atoms. The fourth-order valence-corrected chi connectivity index (χ4v) is 3.32. The van der Waals surface area contributed by atoms with E-state index in [9.17, 15) is 5.11 Å². The molecule has 0 radical (unpaired) electrons. The van der Waals surface area contributed by atoms with Crippen LogP contribution in [0.25, 0.3) is 0 Å². The van der Waals surface area contributed by atoms with Gasteiger partial charge < -0.3 is 14.6 Å². The van der Waals surface area contributed by atoms with E-state index >= 15 is 0 Å². The summed E-state index contributed by atoms with van der Waals surface area (Å²) in [5.74, 6) is 0.845. The van der Waals surface area contributed by atoms with Crippen molar-refractivity contribution in [1.82, 2.24) is 0 Å². The summed E-state index contributed by atoms with van der Waals surface area (Å²) < 4.78 is 11.4. The molecular formula is C20H24O3. The van der Waals surface area contributed by atoms with Gasteiger partial charge in [0.25, 0.3) is 0 Å². The van der Waals surface area contributed by atoms with E-state index in [0.29, 0.717) is 19.8 Å². The van der Waals surface area contributed by atoms with E-state index in [2.05, 4.69) is 24.3 Å². The van der Waals surface area contributed by atoms with Gasteiger partial charge in [0.05, 0.1) is 6.10 Å². The van der Waals surface area contributed by atoms with Crippen molar-refractivity contribution in [2.75, 3.05) is 13.2 Å². The minimum atomic E-state index is -0.407. The normalized spacial score (nSPS) is 18.3. The van der Waals surface area contributed by atoms with Crippen LogP contribution in [0, 0.1) is 0 Å². The first-order chi connectivity index (χ1) is 11.2. The van der Waals surface area contributed by atoms with Crippen molar-refractivity contribution in [2.24, 2.45) is 0 Å². The van der Waals surface area contributed by atoms with E-state index in [1.54, 1.807) is 0 Å². The SMILES string of the molecule is C[C@H](O)C1(c2cccc(OCc3ccccc3)c2)CCOCC1. The summed E-state index contributed by atoms with van der Waals surface area (Å²) >= 11 is 0. The highest BCUT2D eigenvalue weighted by molar-refractivity contribution is 5.35. The molecule has 0 saturated carbocycles. The summed E-state index contributed by atoms with van der Waals surface area (Å²) in [5.41, 5.74) is 2.06. The van der Waals surface area contributed by atoms with Gasteiger partial charge in [0, 0.05) is 18.6 Å². The van der Waals surface area contributed by atoms with Crippen molar-refractivity contribution in [2.45, 2.75) is 37.9 Å². The van der Waals surface area contributed by atoms with E-state index in [-0.39, 0.29) is 5.41 Å². The predicted molar refractivity (Wildman–Crippen MR) is 90.6 cm³/mol. The highest BCUT2D eigenvalue weighted by Crippen LogP contribution is 2.39. The van der Waals surface area contributed by atoms with Crippen molar-refractivity contribution < 1.29 is 14.6 Å². The lowest BCUT2D eigenvalue weighted by atomic mass is 9.70. The monoisotopic (exact) mass is 312 g/mol. The number of aliphatic hydroxyl groups excluding tert-OH is 1. The Balaban J connectivity index is 1.78. The maximum absolute atomic E-state index is 10.4. The summed E-state index contributed by atoms with van der Waals surface area (Å²) in [6, 6.07) is 18.3. The van der Waals surface area contributed by atoms with Crippen molar-refractivity contribution in [3.8, 4) is 5.75 Å². The first-order valence-electron chi connectivity index (χ1n) is 8.24. The number of hydrogen-bond donors (Lipinski definition) is 1. The third-order valence-electron chi connectivity index (χ3n) is 4.84. The van der Waals surface area contributed by atoms with E-state index < -0.39 is 6.10 Å². The molecule has 3 nitrogen and oxygen atoms in total. The number of ether oxygens (including phenoxy) is 2. The maximum Gasteiger partial charge on any atom is 0.120 e. The van der Waals surface area contributed by atoms with E-state index in [1.807, 2.05) is 37.3 Å². The molecule has 1 aliphatic heterocycles. The van der Waals surface area contributed by atoms with Gasteiger partial charge in [-0.25, -0.2) is 0 Å². The van der Waals surface area contributed by atoms with Crippen LogP contribution in [0.15, 0.2) is 54.6 Å². The van der Waals surface area contributed by atoms with Gasteiger partial charge in [0.15, 0.2) is 0 Å². The smallest absolute Gasteiger partial charge is 0.120 e. The molecule has 1 aliphatic rings. The van der Waals surface area contributed by atoms with Gasteiger partial charge in [-0.05, 0) is 43.0 Å². The molecular weight excluding hydrogens is 288 g/mol. The van der Waals surface area contributed by atoms with Crippen molar-refractivity contribution >= 4 is 0 Å². The van der Waals surface area contributed by atoms with Crippen LogP contribution in [0.1, 0.15) is 30.9 Å². The third-order valence-corrected chi connectivity index (χ3v) is 4.84. The average molecular weight is 312 g/mol. The molecule has 0 aromatic heterocycles. The Morgan fingerprint density at radius 2 is 1.83 bits per heavy atom. The number of rotatable bonds is 5. The molecule has 3 rings (SSSR count). The lowest BCUT2D eigenvalue weighted by molar-refractivity contribution is -0.00847. The highest BCUT2D eigenvalue weighted by Gasteiger charge is 2.39. The topological polar surface area (TPSA) is 38.7 Å². The Hall–Kier alpha value is -1.84. The maximum atomic E-state index is 10.4. The van der Waals surface area contributed by atoms with Gasteiger partial charge in [-0.1, -0.05) is 42.5 Å². The van der Waals surface area contributed by atoms with E-state index in [0.717, 1.165) is 29.7 Å². The van der Waals surface area contributed by atoms with Crippen LogP contribution in [0.3, 0.4) is 0 Å². The second kappa shape index (κ2) is 7.16. The van der Waals surface area contributed by atoms with Gasteiger partial charge in [0.2, 0.25) is 0 Å². The number of aliphatic hydroxyl groups is 1. The van der Waals surface area contributed by atoms with Gasteiger partial charge in [0.1, 0.15) is 12.4 Å². The molecule has 0 bridgehead atoms. The van der Waals surface area contributed by atoms with Gasteiger partial charge >= 0.3 is 0 Å². The van der Waals surface area contributed by atoms with Gasteiger partial charge in [-0.2, -0.15) is 0 Å². The first-order valence-corrected chi connectivity index (χ1v) is 8.24. The molecule has 23 heavy (non-hydrogen) atoms. The highest BCUT2D eigenvalue weighted by atomic mass is 16.5. The van der Waals surface area contributed by atoms with E-state index in [4.69, 9.17) is 9.47 Å². The van der Waals surface area contributed by atoms with Crippen LogP contribution in [-0.2, 0) is 16.8 Å². The molecule has 3 heteroatoms. The number of benzene rings is 2. The van der Waals surface area contributed by atoms with Gasteiger partial charge in [-0.3, -0.25) is 0 Å². The zero-order valence-corrected chi connectivity index (χ0v) is 13.6. The lowest BCUT2D eigenvalue weighted by Crippen LogP contribution is -2.42. The standard InChI is InChI=1S/C20H24O3/c1-16(21)20(10-12-22-13-11-20)18-8-5-9-19(14-18)23-15-17-6-3-2-4-7-17/h2-9,14,16,21H,10-13,15H2,1H3/t16-/m0/s1. The van der Waals surface area contributed by atoms with Crippen LogP contribution in [0.5, 0.6) is 5.75 Å². The number of hydrogen-bond acceptors (Lipinski definition) is 3. The Labute approximate surface area is 137 Å². The van der Waals surface area contributed by atoms with Crippen molar-refractivity contribution in [3.05, 3.63) is 65.7 Å². The molecule has 0 unspecified atom stereocenters. The van der Waals surface area contributed by atoms with E-state index in [1.165, 1.54) is 0 Å². The van der Waals surface area contributed by atoms with Crippen LogP contribution >= 0.6 is 0 Å². The fraction of sp³-hybridized carbons (Fsp3) is 0.400.